The van der Waals surface area contributed by atoms with E-state index in [2.05, 4.69) is 5.10 Å². The largest absolute Gasteiger partial charge is 0.493 e. The van der Waals surface area contributed by atoms with Crippen LogP contribution in [0.4, 0.5) is 0 Å². The van der Waals surface area contributed by atoms with Crippen LogP contribution in [0.25, 0.3) is 6.08 Å². The zero-order valence-electron chi connectivity index (χ0n) is 15.0. The summed E-state index contributed by atoms with van der Waals surface area (Å²) in [5.41, 5.74) is 1.31. The van der Waals surface area contributed by atoms with Crippen LogP contribution in [0.5, 0.6) is 11.5 Å². The first-order valence-electron chi connectivity index (χ1n) is 8.23. The van der Waals surface area contributed by atoms with Crippen molar-refractivity contribution in [3.63, 3.8) is 0 Å². The second-order valence-corrected chi connectivity index (χ2v) is 6.29. The monoisotopic (exact) mass is 362 g/mol. The molecule has 1 heterocycles. The van der Waals surface area contributed by atoms with Crippen LogP contribution in [0, 0.1) is 0 Å². The van der Waals surface area contributed by atoms with Gasteiger partial charge in [0.2, 0.25) is 0 Å². The number of halogens is 1. The van der Waals surface area contributed by atoms with E-state index in [0.29, 0.717) is 28.7 Å². The maximum atomic E-state index is 12.3. The van der Waals surface area contributed by atoms with Crippen LogP contribution in [0.1, 0.15) is 49.2 Å². The van der Waals surface area contributed by atoms with Crippen LogP contribution in [0.2, 0.25) is 5.02 Å². The van der Waals surface area contributed by atoms with Crippen molar-refractivity contribution in [2.75, 3.05) is 13.7 Å². The SMILES string of the molecule is CCCOc1c(Cl)cc(/C=C/C(=O)c2cnn(C(C)C)c2)cc1OC. The summed E-state index contributed by atoms with van der Waals surface area (Å²) in [6.07, 6.45) is 7.39. The Morgan fingerprint density at radius 3 is 2.76 bits per heavy atom. The lowest BCUT2D eigenvalue weighted by atomic mass is 10.1. The van der Waals surface area contributed by atoms with Gasteiger partial charge in [-0.1, -0.05) is 24.6 Å². The van der Waals surface area contributed by atoms with E-state index in [1.807, 2.05) is 20.8 Å². The van der Waals surface area contributed by atoms with Gasteiger partial charge in [-0.25, -0.2) is 0 Å². The molecular weight excluding hydrogens is 340 g/mol. The number of allylic oxidation sites excluding steroid dienone is 1. The second kappa shape index (κ2) is 8.72. The minimum absolute atomic E-state index is 0.117. The van der Waals surface area contributed by atoms with Crippen LogP contribution in [-0.4, -0.2) is 29.3 Å². The van der Waals surface area contributed by atoms with Gasteiger partial charge in [0.25, 0.3) is 0 Å². The number of benzene rings is 1. The van der Waals surface area contributed by atoms with E-state index >= 15 is 0 Å². The summed E-state index contributed by atoms with van der Waals surface area (Å²) in [7, 11) is 1.56. The summed E-state index contributed by atoms with van der Waals surface area (Å²) in [5, 5.41) is 4.63. The fourth-order valence-corrected chi connectivity index (χ4v) is 2.47. The Bertz CT molecular complexity index is 766. The van der Waals surface area contributed by atoms with Crippen LogP contribution < -0.4 is 9.47 Å². The lowest BCUT2D eigenvalue weighted by molar-refractivity contribution is 0.104. The summed E-state index contributed by atoms with van der Waals surface area (Å²) in [5.74, 6) is 0.946. The fraction of sp³-hybridized carbons (Fsp3) is 0.368. The molecule has 0 saturated carbocycles. The van der Waals surface area contributed by atoms with E-state index in [0.717, 1.165) is 12.0 Å². The molecule has 0 radical (unpaired) electrons. The molecule has 1 aromatic carbocycles. The summed E-state index contributed by atoms with van der Waals surface area (Å²) in [6, 6.07) is 3.75. The van der Waals surface area contributed by atoms with E-state index in [9.17, 15) is 4.79 Å². The van der Waals surface area contributed by atoms with E-state index < -0.39 is 0 Å². The molecule has 0 amide bonds. The van der Waals surface area contributed by atoms with Crippen LogP contribution in [-0.2, 0) is 0 Å². The van der Waals surface area contributed by atoms with E-state index in [4.69, 9.17) is 21.1 Å². The first-order chi connectivity index (χ1) is 12.0. The van der Waals surface area contributed by atoms with Crippen molar-refractivity contribution < 1.29 is 14.3 Å². The second-order valence-electron chi connectivity index (χ2n) is 5.88. The molecule has 134 valence electrons. The standard InChI is InChI=1S/C19H23ClN2O3/c1-5-8-25-19-16(20)9-14(10-18(19)24-4)6-7-17(23)15-11-21-22(12-15)13(2)3/h6-7,9-13H,5,8H2,1-4H3/b7-6+. The molecule has 2 aromatic rings. The van der Waals surface area contributed by atoms with E-state index in [1.165, 1.54) is 6.08 Å². The molecule has 0 saturated heterocycles. The van der Waals surface area contributed by atoms with E-state index in [-0.39, 0.29) is 11.8 Å². The van der Waals surface area contributed by atoms with Crippen molar-refractivity contribution in [3.05, 3.63) is 46.8 Å². The molecule has 25 heavy (non-hydrogen) atoms. The lowest BCUT2D eigenvalue weighted by Gasteiger charge is -2.12. The Kier molecular flexibility index (Phi) is 6.65. The minimum atomic E-state index is -0.117. The first kappa shape index (κ1) is 19.1. The van der Waals surface area contributed by atoms with Gasteiger partial charge in [0.15, 0.2) is 17.3 Å². The van der Waals surface area contributed by atoms with Gasteiger partial charge in [-0.15, -0.1) is 0 Å². The predicted molar refractivity (Wildman–Crippen MR) is 99.8 cm³/mol. The number of carbonyl (C=O) groups excluding carboxylic acids is 1. The van der Waals surface area contributed by atoms with Gasteiger partial charge in [0, 0.05) is 12.2 Å². The van der Waals surface area contributed by atoms with Gasteiger partial charge >= 0.3 is 0 Å². The molecule has 0 fully saturated rings. The van der Waals surface area contributed by atoms with Gasteiger partial charge < -0.3 is 9.47 Å². The van der Waals surface area contributed by atoms with Crippen molar-refractivity contribution in [2.24, 2.45) is 0 Å². The molecule has 0 spiro atoms. The quantitative estimate of drug-likeness (QED) is 0.499. The predicted octanol–water partition coefficient (Wildman–Crippen LogP) is 4.81. The highest BCUT2D eigenvalue weighted by Gasteiger charge is 2.12. The molecule has 0 N–H and O–H groups in total. The molecule has 0 aliphatic heterocycles. The third-order valence-electron chi connectivity index (χ3n) is 3.54. The van der Waals surface area contributed by atoms with Crippen molar-refractivity contribution in [1.29, 1.82) is 0 Å². The van der Waals surface area contributed by atoms with Gasteiger partial charge in [0.1, 0.15) is 0 Å². The summed E-state index contributed by atoms with van der Waals surface area (Å²) >= 11 is 6.28. The number of hydrogen-bond donors (Lipinski definition) is 0. The van der Waals surface area contributed by atoms with Crippen molar-refractivity contribution in [1.82, 2.24) is 9.78 Å². The number of carbonyl (C=O) groups is 1. The average molecular weight is 363 g/mol. The summed E-state index contributed by atoms with van der Waals surface area (Å²) in [4.78, 5) is 12.3. The molecule has 0 aliphatic carbocycles. The van der Waals surface area contributed by atoms with Crippen molar-refractivity contribution in [2.45, 2.75) is 33.2 Å². The third kappa shape index (κ3) is 4.86. The highest BCUT2D eigenvalue weighted by Crippen LogP contribution is 2.36. The van der Waals surface area contributed by atoms with Crippen LogP contribution in [0.15, 0.2) is 30.6 Å². The van der Waals surface area contributed by atoms with Crippen molar-refractivity contribution in [3.8, 4) is 11.5 Å². The topological polar surface area (TPSA) is 53.3 Å². The number of ketones is 1. The van der Waals surface area contributed by atoms with Gasteiger partial charge in [-0.3, -0.25) is 9.48 Å². The number of rotatable bonds is 8. The Hall–Kier alpha value is -2.27. The summed E-state index contributed by atoms with van der Waals surface area (Å²) in [6.45, 7) is 6.59. The fourth-order valence-electron chi connectivity index (χ4n) is 2.20. The molecule has 0 bridgehead atoms. The molecule has 2 rings (SSSR count). The Balaban J connectivity index is 2.19. The minimum Gasteiger partial charge on any atom is -0.493 e. The molecule has 0 aliphatic rings. The Morgan fingerprint density at radius 1 is 1.40 bits per heavy atom. The number of methoxy groups -OCH3 is 1. The van der Waals surface area contributed by atoms with Gasteiger partial charge in [-0.05, 0) is 44.0 Å². The molecule has 6 heteroatoms. The Morgan fingerprint density at radius 2 is 2.16 bits per heavy atom. The third-order valence-corrected chi connectivity index (χ3v) is 3.83. The molecule has 0 atom stereocenters. The molecule has 0 unspecified atom stereocenters. The summed E-state index contributed by atoms with van der Waals surface area (Å²) < 4.78 is 12.7. The Labute approximate surface area is 153 Å². The molecule has 5 nitrogen and oxygen atoms in total. The number of hydrogen-bond acceptors (Lipinski definition) is 4. The first-order valence-corrected chi connectivity index (χ1v) is 8.61. The zero-order valence-corrected chi connectivity index (χ0v) is 15.7. The maximum absolute atomic E-state index is 12.3. The zero-order chi connectivity index (χ0) is 18.4. The smallest absolute Gasteiger partial charge is 0.189 e. The number of ether oxygens (including phenoxy) is 2. The molecular formula is C19H23ClN2O3. The maximum Gasteiger partial charge on any atom is 0.189 e. The number of aromatic nitrogens is 2. The van der Waals surface area contributed by atoms with Gasteiger partial charge in [0.05, 0.1) is 30.5 Å². The lowest BCUT2D eigenvalue weighted by Crippen LogP contribution is -2.00. The highest BCUT2D eigenvalue weighted by atomic mass is 35.5. The number of nitrogens with zero attached hydrogens (tertiary/aromatic N) is 2. The molecule has 1 aromatic heterocycles. The van der Waals surface area contributed by atoms with Gasteiger partial charge in [-0.2, -0.15) is 5.10 Å². The van der Waals surface area contributed by atoms with Crippen LogP contribution in [0.3, 0.4) is 0 Å². The van der Waals surface area contributed by atoms with Crippen molar-refractivity contribution >= 4 is 23.5 Å². The highest BCUT2D eigenvalue weighted by molar-refractivity contribution is 6.32. The average Bonchev–Trinajstić information content (AvgIpc) is 3.08. The van der Waals surface area contributed by atoms with E-state index in [1.54, 1.807) is 42.4 Å². The van der Waals surface area contributed by atoms with Crippen LogP contribution >= 0.6 is 11.6 Å². The normalized spacial score (nSPS) is 11.3.